The van der Waals surface area contributed by atoms with E-state index in [2.05, 4.69) is 22.4 Å². The number of nitrogens with zero attached hydrogens (tertiary/aromatic N) is 1. The van der Waals surface area contributed by atoms with Crippen molar-refractivity contribution in [2.75, 3.05) is 13.7 Å². The van der Waals surface area contributed by atoms with Crippen LogP contribution < -0.4 is 15.8 Å². The van der Waals surface area contributed by atoms with E-state index in [0.29, 0.717) is 12.0 Å². The Morgan fingerprint density at radius 1 is 1.17 bits per heavy atom. The van der Waals surface area contributed by atoms with Gasteiger partial charge in [0.15, 0.2) is 5.96 Å². The highest BCUT2D eigenvalue weighted by molar-refractivity contribution is 14.0. The smallest absolute Gasteiger partial charge is 0.188 e. The van der Waals surface area contributed by atoms with Crippen molar-refractivity contribution in [1.82, 2.24) is 5.32 Å². The number of aryl methyl sites for hydroxylation is 1. The van der Waals surface area contributed by atoms with Crippen molar-refractivity contribution in [2.24, 2.45) is 10.7 Å². The second-order valence-electron chi connectivity index (χ2n) is 6.05. The molecule has 0 atom stereocenters. The molecule has 0 heterocycles. The Morgan fingerprint density at radius 2 is 1.87 bits per heavy atom. The molecule has 2 rings (SSSR count). The van der Waals surface area contributed by atoms with Gasteiger partial charge in [-0.15, -0.1) is 24.0 Å². The van der Waals surface area contributed by atoms with Crippen LogP contribution in [0.4, 0.5) is 0 Å². The zero-order chi connectivity index (χ0) is 15.6. The van der Waals surface area contributed by atoms with Crippen molar-refractivity contribution < 1.29 is 4.74 Å². The third-order valence-electron chi connectivity index (χ3n) is 4.27. The van der Waals surface area contributed by atoms with Crippen molar-refractivity contribution in [3.63, 3.8) is 0 Å². The summed E-state index contributed by atoms with van der Waals surface area (Å²) in [5.74, 6) is 1.53. The Labute approximate surface area is 157 Å². The lowest BCUT2D eigenvalue weighted by molar-refractivity contribution is 0.412. The van der Waals surface area contributed by atoms with Gasteiger partial charge in [-0.25, -0.2) is 0 Å². The Hall–Kier alpha value is -0.980. The number of nitrogens with two attached hydrogens (primary N) is 1. The number of nitrogens with one attached hydrogen (secondary N) is 1. The zero-order valence-corrected chi connectivity index (χ0v) is 16.4. The lowest BCUT2D eigenvalue weighted by Crippen LogP contribution is -2.41. The zero-order valence-electron chi connectivity index (χ0n) is 14.1. The molecule has 130 valence electrons. The van der Waals surface area contributed by atoms with Crippen molar-refractivity contribution in [2.45, 2.75) is 57.4 Å². The van der Waals surface area contributed by atoms with Crippen molar-refractivity contribution >= 4 is 29.9 Å². The van der Waals surface area contributed by atoms with Crippen molar-refractivity contribution in [1.29, 1.82) is 0 Å². The minimum absolute atomic E-state index is 0. The van der Waals surface area contributed by atoms with Gasteiger partial charge in [0, 0.05) is 12.6 Å². The number of halogens is 1. The molecule has 0 saturated heterocycles. The standard InChI is InChI=1S/C18H29N3O.HI/c1-22-17-12-10-15(11-13-17)7-5-6-14-20-18(19)21-16-8-3-2-4-9-16;/h10-13,16H,2-9,14H2,1H3,(H3,19,20,21);1H. The van der Waals surface area contributed by atoms with Crippen molar-refractivity contribution in [3.8, 4) is 5.75 Å². The normalized spacial score (nSPS) is 15.8. The first-order valence-corrected chi connectivity index (χ1v) is 8.47. The molecule has 1 fully saturated rings. The van der Waals surface area contributed by atoms with Crippen LogP contribution in [0.1, 0.15) is 50.5 Å². The molecule has 23 heavy (non-hydrogen) atoms. The molecule has 4 nitrogen and oxygen atoms in total. The molecule has 0 bridgehead atoms. The molecule has 1 saturated carbocycles. The first-order valence-electron chi connectivity index (χ1n) is 8.47. The summed E-state index contributed by atoms with van der Waals surface area (Å²) >= 11 is 0. The largest absolute Gasteiger partial charge is 0.497 e. The maximum absolute atomic E-state index is 5.95. The van der Waals surface area contributed by atoms with E-state index < -0.39 is 0 Å². The van der Waals surface area contributed by atoms with E-state index >= 15 is 0 Å². The summed E-state index contributed by atoms with van der Waals surface area (Å²) < 4.78 is 5.16. The third-order valence-corrected chi connectivity index (χ3v) is 4.27. The minimum Gasteiger partial charge on any atom is -0.497 e. The number of guanidine groups is 1. The number of aliphatic imine (C=N–C) groups is 1. The van der Waals surface area contributed by atoms with Gasteiger partial charge in [-0.1, -0.05) is 31.4 Å². The Bertz CT molecular complexity index is 456. The molecular formula is C18H30IN3O. The van der Waals surface area contributed by atoms with Gasteiger partial charge in [0.05, 0.1) is 7.11 Å². The summed E-state index contributed by atoms with van der Waals surface area (Å²) in [5, 5.41) is 3.35. The average Bonchev–Trinajstić information content (AvgIpc) is 2.56. The number of hydrogen-bond acceptors (Lipinski definition) is 2. The predicted molar refractivity (Wildman–Crippen MR) is 108 cm³/mol. The highest BCUT2D eigenvalue weighted by atomic mass is 127. The maximum atomic E-state index is 5.95. The summed E-state index contributed by atoms with van der Waals surface area (Å²) in [6.45, 7) is 0.807. The molecule has 1 aromatic rings. The van der Waals surface area contributed by atoms with Crippen LogP contribution in [0.15, 0.2) is 29.3 Å². The predicted octanol–water partition coefficient (Wildman–Crippen LogP) is 3.87. The number of methoxy groups -OCH3 is 1. The van der Waals surface area contributed by atoms with Crippen LogP contribution in [0.2, 0.25) is 0 Å². The van der Waals surface area contributed by atoms with Gasteiger partial charge in [-0.05, 0) is 49.8 Å². The molecule has 3 N–H and O–H groups in total. The van der Waals surface area contributed by atoms with E-state index in [1.165, 1.54) is 37.7 Å². The Kier molecular flexibility index (Phi) is 10.1. The van der Waals surface area contributed by atoms with E-state index in [9.17, 15) is 0 Å². The quantitative estimate of drug-likeness (QED) is 0.298. The lowest BCUT2D eigenvalue weighted by atomic mass is 9.96. The molecule has 0 aromatic heterocycles. The highest BCUT2D eigenvalue weighted by Crippen LogP contribution is 2.17. The van der Waals surface area contributed by atoms with Gasteiger partial charge >= 0.3 is 0 Å². The van der Waals surface area contributed by atoms with Gasteiger partial charge in [0.1, 0.15) is 5.75 Å². The molecule has 1 aliphatic rings. The lowest BCUT2D eigenvalue weighted by Gasteiger charge is -2.23. The SMILES string of the molecule is COc1ccc(CCCCN=C(N)NC2CCCCC2)cc1.I. The summed E-state index contributed by atoms with van der Waals surface area (Å²) in [6, 6.07) is 8.82. The fraction of sp³-hybridized carbons (Fsp3) is 0.611. The van der Waals surface area contributed by atoms with Crippen LogP contribution in [0, 0.1) is 0 Å². The molecule has 5 heteroatoms. The number of unbranched alkanes of at least 4 members (excludes halogenated alkanes) is 1. The van der Waals surface area contributed by atoms with Gasteiger partial charge in [-0.3, -0.25) is 4.99 Å². The molecular weight excluding hydrogens is 401 g/mol. The topological polar surface area (TPSA) is 59.6 Å². The fourth-order valence-corrected chi connectivity index (χ4v) is 2.93. The summed E-state index contributed by atoms with van der Waals surface area (Å²) in [5.41, 5.74) is 7.30. The van der Waals surface area contributed by atoms with E-state index in [1.807, 2.05) is 12.1 Å². The van der Waals surface area contributed by atoms with Gasteiger partial charge in [0.25, 0.3) is 0 Å². The first-order chi connectivity index (χ1) is 10.8. The second-order valence-corrected chi connectivity index (χ2v) is 6.05. The number of ether oxygens (including phenoxy) is 1. The van der Waals surface area contributed by atoms with Crippen LogP contribution in [-0.4, -0.2) is 25.7 Å². The third kappa shape index (κ3) is 7.90. The minimum atomic E-state index is 0. The Balaban J connectivity index is 0.00000264. The summed E-state index contributed by atoms with van der Waals surface area (Å²) in [4.78, 5) is 4.44. The molecule has 0 aliphatic heterocycles. The second kappa shape index (κ2) is 11.5. The van der Waals surface area contributed by atoms with Crippen LogP contribution in [-0.2, 0) is 6.42 Å². The number of benzene rings is 1. The molecule has 0 spiro atoms. The van der Waals surface area contributed by atoms with Crippen LogP contribution in [0.3, 0.4) is 0 Å². The monoisotopic (exact) mass is 431 g/mol. The molecule has 1 aromatic carbocycles. The molecule has 1 aliphatic carbocycles. The highest BCUT2D eigenvalue weighted by Gasteiger charge is 2.12. The average molecular weight is 431 g/mol. The van der Waals surface area contributed by atoms with E-state index in [-0.39, 0.29) is 24.0 Å². The van der Waals surface area contributed by atoms with Gasteiger partial charge < -0.3 is 15.8 Å². The van der Waals surface area contributed by atoms with Crippen LogP contribution in [0.25, 0.3) is 0 Å². The fourth-order valence-electron chi connectivity index (χ4n) is 2.93. The maximum Gasteiger partial charge on any atom is 0.188 e. The van der Waals surface area contributed by atoms with E-state index in [1.54, 1.807) is 7.11 Å². The molecule has 0 unspecified atom stereocenters. The van der Waals surface area contributed by atoms with Gasteiger partial charge in [-0.2, -0.15) is 0 Å². The van der Waals surface area contributed by atoms with Crippen LogP contribution >= 0.6 is 24.0 Å². The summed E-state index contributed by atoms with van der Waals surface area (Å²) in [7, 11) is 1.69. The number of hydrogen-bond donors (Lipinski definition) is 2. The number of rotatable bonds is 7. The summed E-state index contributed by atoms with van der Waals surface area (Å²) in [6.07, 6.45) is 9.72. The molecule has 0 radical (unpaired) electrons. The van der Waals surface area contributed by atoms with Gasteiger partial charge in [0.2, 0.25) is 0 Å². The molecule has 0 amide bonds. The van der Waals surface area contributed by atoms with E-state index in [0.717, 1.165) is 31.6 Å². The van der Waals surface area contributed by atoms with Crippen molar-refractivity contribution in [3.05, 3.63) is 29.8 Å². The van der Waals surface area contributed by atoms with Crippen LogP contribution in [0.5, 0.6) is 5.75 Å². The van der Waals surface area contributed by atoms with E-state index in [4.69, 9.17) is 10.5 Å². The Morgan fingerprint density at radius 3 is 2.52 bits per heavy atom. The first kappa shape index (κ1) is 20.1.